The summed E-state index contributed by atoms with van der Waals surface area (Å²) in [6.45, 7) is 0. The Morgan fingerprint density at radius 3 is 2.11 bits per heavy atom. The molecule has 0 amide bonds. The Bertz CT molecular complexity index is 1110. The summed E-state index contributed by atoms with van der Waals surface area (Å²) in [5.41, 5.74) is 3.88. The first-order chi connectivity index (χ1) is 13.1. The van der Waals surface area contributed by atoms with E-state index in [1.807, 2.05) is 42.5 Å². The van der Waals surface area contributed by atoms with E-state index in [0.29, 0.717) is 12.2 Å². The number of hydrogen-bond acceptors (Lipinski definition) is 4. The Labute approximate surface area is 154 Å². The summed E-state index contributed by atoms with van der Waals surface area (Å²) in [4.78, 5) is 23.6. The second-order valence-electron chi connectivity index (χ2n) is 5.51. The molecule has 0 spiro atoms. The number of furan rings is 1. The number of benzene rings is 2. The van der Waals surface area contributed by atoms with Crippen molar-refractivity contribution < 1.29 is 24.2 Å². The number of pyridine rings is 1. The standard InChI is InChI=1S/C17H11NO.C4H4O4/c1-2-6-12(7-3-1)17-16-13-8-4-5-9-14(13)19-15(16)10-11-18-17;5-3(6)1-2-4(7)8/h1-11H;1-2H,(H,5,6)(H,7,8). The number of aliphatic carboxylic acids is 2. The fraction of sp³-hybridized carbons (Fsp3) is 0. The van der Waals surface area contributed by atoms with Gasteiger partial charge < -0.3 is 14.6 Å². The van der Waals surface area contributed by atoms with Gasteiger partial charge in [0.15, 0.2) is 0 Å². The predicted molar refractivity (Wildman–Crippen MR) is 101 cm³/mol. The molecule has 2 N–H and O–H groups in total. The van der Waals surface area contributed by atoms with Crippen molar-refractivity contribution in [2.45, 2.75) is 0 Å². The van der Waals surface area contributed by atoms with Gasteiger partial charge in [-0.25, -0.2) is 9.59 Å². The fourth-order valence-corrected chi connectivity index (χ4v) is 2.63. The van der Waals surface area contributed by atoms with Crippen LogP contribution in [-0.2, 0) is 9.59 Å². The number of hydrogen-bond donors (Lipinski definition) is 2. The highest BCUT2D eigenvalue weighted by Crippen LogP contribution is 2.34. The van der Waals surface area contributed by atoms with Gasteiger partial charge in [-0.15, -0.1) is 0 Å². The van der Waals surface area contributed by atoms with Gasteiger partial charge in [-0.05, 0) is 12.1 Å². The van der Waals surface area contributed by atoms with E-state index in [1.54, 1.807) is 6.20 Å². The first kappa shape index (κ1) is 17.9. The molecule has 0 bridgehead atoms. The molecule has 134 valence electrons. The van der Waals surface area contributed by atoms with Crippen LogP contribution in [0.3, 0.4) is 0 Å². The van der Waals surface area contributed by atoms with Gasteiger partial charge in [0.05, 0.1) is 11.1 Å². The third-order valence-electron chi connectivity index (χ3n) is 3.70. The SMILES string of the molecule is O=C(O)C=CC(=O)O.c1ccc(-c2nccc3oc4ccccc4c23)cc1. The molecule has 0 atom stereocenters. The maximum atomic E-state index is 9.55. The maximum absolute atomic E-state index is 9.55. The molecular formula is C21H15NO5. The summed E-state index contributed by atoms with van der Waals surface area (Å²) in [6, 6.07) is 20.2. The lowest BCUT2D eigenvalue weighted by atomic mass is 10.1. The largest absolute Gasteiger partial charge is 0.478 e. The van der Waals surface area contributed by atoms with E-state index in [-0.39, 0.29) is 0 Å². The van der Waals surface area contributed by atoms with E-state index in [0.717, 1.165) is 33.2 Å². The highest BCUT2D eigenvalue weighted by Gasteiger charge is 2.12. The molecule has 0 saturated heterocycles. The molecule has 4 aromatic rings. The molecule has 2 aromatic heterocycles. The van der Waals surface area contributed by atoms with Crippen LogP contribution in [0.25, 0.3) is 33.2 Å². The number of carboxylic acid groups (broad SMARTS) is 2. The van der Waals surface area contributed by atoms with Crippen LogP contribution < -0.4 is 0 Å². The van der Waals surface area contributed by atoms with Crippen LogP contribution in [0.4, 0.5) is 0 Å². The lowest BCUT2D eigenvalue weighted by Crippen LogP contribution is -1.91. The number of fused-ring (bicyclic) bond motifs is 3. The number of carbonyl (C=O) groups is 2. The van der Waals surface area contributed by atoms with Crippen molar-refractivity contribution in [3.05, 3.63) is 79.0 Å². The van der Waals surface area contributed by atoms with Gasteiger partial charge in [-0.2, -0.15) is 0 Å². The van der Waals surface area contributed by atoms with Gasteiger partial charge in [0.25, 0.3) is 0 Å². The Morgan fingerprint density at radius 2 is 1.44 bits per heavy atom. The van der Waals surface area contributed by atoms with Crippen LogP contribution >= 0.6 is 0 Å². The minimum atomic E-state index is -1.26. The summed E-state index contributed by atoms with van der Waals surface area (Å²) in [7, 11) is 0. The molecular weight excluding hydrogens is 346 g/mol. The van der Waals surface area contributed by atoms with Crippen LogP contribution in [0.5, 0.6) is 0 Å². The molecule has 27 heavy (non-hydrogen) atoms. The first-order valence-electron chi connectivity index (χ1n) is 8.02. The molecule has 6 heteroatoms. The van der Waals surface area contributed by atoms with Crippen molar-refractivity contribution in [3.63, 3.8) is 0 Å². The normalized spacial score (nSPS) is 10.7. The van der Waals surface area contributed by atoms with Crippen molar-refractivity contribution in [1.29, 1.82) is 0 Å². The van der Waals surface area contributed by atoms with Gasteiger partial charge in [0, 0.05) is 29.3 Å². The number of aromatic nitrogens is 1. The van der Waals surface area contributed by atoms with Gasteiger partial charge in [-0.1, -0.05) is 48.5 Å². The van der Waals surface area contributed by atoms with Crippen LogP contribution in [0, 0.1) is 0 Å². The highest BCUT2D eigenvalue weighted by atomic mass is 16.4. The molecule has 0 fully saturated rings. The Kier molecular flexibility index (Phi) is 5.28. The van der Waals surface area contributed by atoms with Gasteiger partial charge in [0.2, 0.25) is 0 Å². The third-order valence-corrected chi connectivity index (χ3v) is 3.70. The molecule has 0 saturated carbocycles. The number of para-hydroxylation sites is 1. The average Bonchev–Trinajstić information content (AvgIpc) is 3.06. The van der Waals surface area contributed by atoms with E-state index in [2.05, 4.69) is 23.2 Å². The molecule has 2 aromatic carbocycles. The Morgan fingerprint density at radius 1 is 0.815 bits per heavy atom. The molecule has 0 aliphatic carbocycles. The van der Waals surface area contributed by atoms with Crippen molar-refractivity contribution >= 4 is 33.9 Å². The zero-order valence-electron chi connectivity index (χ0n) is 14.1. The smallest absolute Gasteiger partial charge is 0.328 e. The Hall–Kier alpha value is -3.93. The first-order valence-corrected chi connectivity index (χ1v) is 8.02. The summed E-state index contributed by atoms with van der Waals surface area (Å²) >= 11 is 0. The zero-order valence-corrected chi connectivity index (χ0v) is 14.1. The van der Waals surface area contributed by atoms with E-state index < -0.39 is 11.9 Å². The minimum absolute atomic E-state index is 0.558. The van der Waals surface area contributed by atoms with E-state index in [4.69, 9.17) is 14.6 Å². The van der Waals surface area contributed by atoms with E-state index in [9.17, 15) is 9.59 Å². The van der Waals surface area contributed by atoms with Crippen LogP contribution in [-0.4, -0.2) is 27.1 Å². The topological polar surface area (TPSA) is 101 Å². The number of nitrogens with zero attached hydrogens (tertiary/aromatic N) is 1. The zero-order chi connectivity index (χ0) is 19.2. The van der Waals surface area contributed by atoms with Crippen molar-refractivity contribution in [3.8, 4) is 11.3 Å². The summed E-state index contributed by atoms with van der Waals surface area (Å²) in [6.07, 6.45) is 2.91. The third kappa shape index (κ3) is 4.19. The summed E-state index contributed by atoms with van der Waals surface area (Å²) in [5.74, 6) is -2.51. The van der Waals surface area contributed by atoms with Crippen molar-refractivity contribution in [1.82, 2.24) is 4.98 Å². The second-order valence-corrected chi connectivity index (χ2v) is 5.51. The van der Waals surface area contributed by atoms with Crippen LogP contribution in [0.1, 0.15) is 0 Å². The van der Waals surface area contributed by atoms with Gasteiger partial charge in [-0.3, -0.25) is 4.98 Å². The quantitative estimate of drug-likeness (QED) is 0.526. The van der Waals surface area contributed by atoms with Gasteiger partial charge >= 0.3 is 11.9 Å². The highest BCUT2D eigenvalue weighted by molar-refractivity contribution is 6.11. The summed E-state index contributed by atoms with van der Waals surface area (Å²) in [5, 5.41) is 17.8. The molecule has 4 rings (SSSR count). The van der Waals surface area contributed by atoms with Crippen molar-refractivity contribution in [2.75, 3.05) is 0 Å². The van der Waals surface area contributed by atoms with Gasteiger partial charge in [0.1, 0.15) is 11.2 Å². The fourth-order valence-electron chi connectivity index (χ4n) is 2.63. The molecule has 0 radical (unpaired) electrons. The monoisotopic (exact) mass is 361 g/mol. The van der Waals surface area contributed by atoms with E-state index >= 15 is 0 Å². The van der Waals surface area contributed by atoms with Crippen LogP contribution in [0.15, 0.2) is 83.4 Å². The number of rotatable bonds is 3. The minimum Gasteiger partial charge on any atom is -0.478 e. The van der Waals surface area contributed by atoms with E-state index in [1.165, 1.54) is 0 Å². The predicted octanol–water partition coefficient (Wildman–Crippen LogP) is 4.36. The lowest BCUT2D eigenvalue weighted by molar-refractivity contribution is -0.134. The molecule has 0 aliphatic heterocycles. The Balaban J connectivity index is 0.000000226. The van der Waals surface area contributed by atoms with Crippen molar-refractivity contribution in [2.24, 2.45) is 0 Å². The molecule has 6 nitrogen and oxygen atoms in total. The molecule has 0 unspecified atom stereocenters. The van der Waals surface area contributed by atoms with Crippen LogP contribution in [0.2, 0.25) is 0 Å². The average molecular weight is 361 g/mol. The molecule has 0 aliphatic rings. The molecule has 2 heterocycles. The number of carboxylic acids is 2. The lowest BCUT2D eigenvalue weighted by Gasteiger charge is -2.01. The second kappa shape index (κ2) is 7.97. The maximum Gasteiger partial charge on any atom is 0.328 e. The summed E-state index contributed by atoms with van der Waals surface area (Å²) < 4.78 is 5.87.